The van der Waals surface area contributed by atoms with Gasteiger partial charge >= 0.3 is 0 Å². The Labute approximate surface area is 113 Å². The fraction of sp³-hybridized carbons (Fsp3) is 0.235. The SMILES string of the molecule is Cc1ccc(C(=O)NC2CC2)cc1-c1ccccc1. The van der Waals surface area contributed by atoms with E-state index in [0.717, 1.165) is 29.5 Å². The van der Waals surface area contributed by atoms with Crippen LogP contribution in [0.2, 0.25) is 0 Å². The maximum absolute atomic E-state index is 12.1. The Morgan fingerprint density at radius 1 is 1.11 bits per heavy atom. The number of nitrogens with one attached hydrogen (secondary N) is 1. The van der Waals surface area contributed by atoms with Gasteiger partial charge < -0.3 is 5.32 Å². The van der Waals surface area contributed by atoms with Gasteiger partial charge in [-0.3, -0.25) is 4.79 Å². The molecule has 1 aliphatic carbocycles. The van der Waals surface area contributed by atoms with E-state index in [1.807, 2.05) is 36.4 Å². The minimum Gasteiger partial charge on any atom is -0.349 e. The van der Waals surface area contributed by atoms with Gasteiger partial charge in [0.1, 0.15) is 0 Å². The Bertz CT molecular complexity index is 600. The number of hydrogen-bond acceptors (Lipinski definition) is 1. The molecule has 2 heteroatoms. The third-order valence-electron chi connectivity index (χ3n) is 3.50. The van der Waals surface area contributed by atoms with Gasteiger partial charge in [-0.2, -0.15) is 0 Å². The minimum absolute atomic E-state index is 0.0414. The second-order valence-corrected chi connectivity index (χ2v) is 5.14. The summed E-state index contributed by atoms with van der Waals surface area (Å²) >= 11 is 0. The number of amides is 1. The first kappa shape index (κ1) is 12.0. The lowest BCUT2D eigenvalue weighted by Gasteiger charge is -2.09. The first-order valence-corrected chi connectivity index (χ1v) is 6.71. The van der Waals surface area contributed by atoms with Gasteiger partial charge in [0.2, 0.25) is 0 Å². The zero-order valence-corrected chi connectivity index (χ0v) is 11.0. The van der Waals surface area contributed by atoms with Crippen molar-refractivity contribution in [3.8, 4) is 11.1 Å². The molecule has 1 saturated carbocycles. The Hall–Kier alpha value is -2.09. The average Bonchev–Trinajstić information content (AvgIpc) is 3.24. The summed E-state index contributed by atoms with van der Waals surface area (Å²) < 4.78 is 0. The van der Waals surface area contributed by atoms with Crippen molar-refractivity contribution in [2.45, 2.75) is 25.8 Å². The molecule has 0 radical (unpaired) electrons. The molecule has 0 spiro atoms. The van der Waals surface area contributed by atoms with Crippen LogP contribution in [0, 0.1) is 6.92 Å². The summed E-state index contributed by atoms with van der Waals surface area (Å²) in [5.41, 5.74) is 4.22. The molecule has 3 rings (SSSR count). The van der Waals surface area contributed by atoms with E-state index in [-0.39, 0.29) is 5.91 Å². The van der Waals surface area contributed by atoms with Crippen molar-refractivity contribution in [1.29, 1.82) is 0 Å². The van der Waals surface area contributed by atoms with Gasteiger partial charge in [-0.15, -0.1) is 0 Å². The van der Waals surface area contributed by atoms with Crippen LogP contribution in [-0.4, -0.2) is 11.9 Å². The Morgan fingerprint density at radius 3 is 2.53 bits per heavy atom. The third kappa shape index (κ3) is 2.68. The summed E-state index contributed by atoms with van der Waals surface area (Å²) in [5, 5.41) is 3.03. The summed E-state index contributed by atoms with van der Waals surface area (Å²) in [7, 11) is 0. The summed E-state index contributed by atoms with van der Waals surface area (Å²) in [6, 6.07) is 16.5. The van der Waals surface area contributed by atoms with Crippen LogP contribution < -0.4 is 5.32 Å². The minimum atomic E-state index is 0.0414. The number of aryl methyl sites for hydroxylation is 1. The highest BCUT2D eigenvalue weighted by Gasteiger charge is 2.23. The van der Waals surface area contributed by atoms with Crippen LogP contribution in [0.1, 0.15) is 28.8 Å². The molecule has 0 heterocycles. The van der Waals surface area contributed by atoms with Gasteiger partial charge in [-0.25, -0.2) is 0 Å². The second kappa shape index (κ2) is 4.88. The monoisotopic (exact) mass is 251 g/mol. The zero-order chi connectivity index (χ0) is 13.2. The molecule has 0 saturated heterocycles. The lowest BCUT2D eigenvalue weighted by atomic mass is 9.98. The number of benzene rings is 2. The van der Waals surface area contributed by atoms with Gasteiger partial charge in [0.15, 0.2) is 0 Å². The van der Waals surface area contributed by atoms with Crippen LogP contribution >= 0.6 is 0 Å². The topological polar surface area (TPSA) is 29.1 Å². The molecule has 1 amide bonds. The van der Waals surface area contributed by atoms with Crippen LogP contribution in [0.15, 0.2) is 48.5 Å². The standard InChI is InChI=1S/C17H17NO/c1-12-7-8-14(17(19)18-15-9-10-15)11-16(12)13-5-3-2-4-6-13/h2-8,11,15H,9-10H2,1H3,(H,18,19). The molecule has 2 nitrogen and oxygen atoms in total. The summed E-state index contributed by atoms with van der Waals surface area (Å²) in [4.78, 5) is 12.1. The highest BCUT2D eigenvalue weighted by molar-refractivity contribution is 5.96. The van der Waals surface area contributed by atoms with Crippen molar-refractivity contribution in [2.24, 2.45) is 0 Å². The molecule has 0 aromatic heterocycles. The second-order valence-electron chi connectivity index (χ2n) is 5.14. The van der Waals surface area contributed by atoms with E-state index in [0.29, 0.717) is 6.04 Å². The van der Waals surface area contributed by atoms with Gasteiger partial charge in [-0.1, -0.05) is 36.4 Å². The molecule has 0 unspecified atom stereocenters. The van der Waals surface area contributed by atoms with Crippen molar-refractivity contribution >= 4 is 5.91 Å². The first-order valence-electron chi connectivity index (χ1n) is 6.71. The summed E-state index contributed by atoms with van der Waals surface area (Å²) in [5.74, 6) is 0.0414. The summed E-state index contributed by atoms with van der Waals surface area (Å²) in [6.45, 7) is 2.07. The maximum Gasteiger partial charge on any atom is 0.251 e. The van der Waals surface area contributed by atoms with Crippen molar-refractivity contribution in [3.63, 3.8) is 0 Å². The number of carbonyl (C=O) groups is 1. The van der Waals surface area contributed by atoms with Gasteiger partial charge in [0.25, 0.3) is 5.91 Å². The molecule has 2 aromatic rings. The molecule has 0 aliphatic heterocycles. The van der Waals surface area contributed by atoms with E-state index in [1.54, 1.807) is 0 Å². The highest BCUT2D eigenvalue weighted by Crippen LogP contribution is 2.25. The van der Waals surface area contributed by atoms with Crippen molar-refractivity contribution in [2.75, 3.05) is 0 Å². The Balaban J connectivity index is 1.93. The fourth-order valence-electron chi connectivity index (χ4n) is 2.19. The van der Waals surface area contributed by atoms with E-state index in [4.69, 9.17) is 0 Å². The highest BCUT2D eigenvalue weighted by atomic mass is 16.1. The fourth-order valence-corrected chi connectivity index (χ4v) is 2.19. The third-order valence-corrected chi connectivity index (χ3v) is 3.50. The molecule has 1 fully saturated rings. The maximum atomic E-state index is 12.1. The lowest BCUT2D eigenvalue weighted by molar-refractivity contribution is 0.0951. The van der Waals surface area contributed by atoms with Crippen LogP contribution in [-0.2, 0) is 0 Å². The molecule has 96 valence electrons. The quantitative estimate of drug-likeness (QED) is 0.888. The van der Waals surface area contributed by atoms with Gasteiger partial charge in [0.05, 0.1) is 0 Å². The van der Waals surface area contributed by atoms with E-state index < -0.39 is 0 Å². The summed E-state index contributed by atoms with van der Waals surface area (Å²) in [6.07, 6.45) is 2.23. The first-order chi connectivity index (χ1) is 9.24. The molecule has 1 N–H and O–H groups in total. The van der Waals surface area contributed by atoms with E-state index in [9.17, 15) is 4.79 Å². The van der Waals surface area contributed by atoms with E-state index >= 15 is 0 Å². The smallest absolute Gasteiger partial charge is 0.251 e. The molecule has 0 bridgehead atoms. The predicted molar refractivity (Wildman–Crippen MR) is 77.1 cm³/mol. The van der Waals surface area contributed by atoms with Crippen molar-refractivity contribution in [3.05, 3.63) is 59.7 Å². The molecule has 19 heavy (non-hydrogen) atoms. The number of rotatable bonds is 3. The molecule has 1 aliphatic rings. The van der Waals surface area contributed by atoms with Crippen molar-refractivity contribution < 1.29 is 4.79 Å². The van der Waals surface area contributed by atoms with Crippen molar-refractivity contribution in [1.82, 2.24) is 5.32 Å². The van der Waals surface area contributed by atoms with Gasteiger partial charge in [-0.05, 0) is 48.6 Å². The normalized spacial score (nSPS) is 14.2. The zero-order valence-electron chi connectivity index (χ0n) is 11.0. The lowest BCUT2D eigenvalue weighted by Crippen LogP contribution is -2.25. The molecular weight excluding hydrogens is 234 g/mol. The van der Waals surface area contributed by atoms with Crippen LogP contribution in [0.4, 0.5) is 0 Å². The number of carbonyl (C=O) groups excluding carboxylic acids is 1. The molecular formula is C17H17NO. The number of hydrogen-bond donors (Lipinski definition) is 1. The van der Waals surface area contributed by atoms with Gasteiger partial charge in [0, 0.05) is 11.6 Å². The molecule has 0 atom stereocenters. The van der Waals surface area contributed by atoms with E-state index in [1.165, 1.54) is 5.56 Å². The Morgan fingerprint density at radius 2 is 1.84 bits per heavy atom. The molecule has 2 aromatic carbocycles. The average molecular weight is 251 g/mol. The Kier molecular flexibility index (Phi) is 3.08. The van der Waals surface area contributed by atoms with E-state index in [2.05, 4.69) is 24.4 Å². The van der Waals surface area contributed by atoms with Crippen LogP contribution in [0.5, 0.6) is 0 Å². The largest absolute Gasteiger partial charge is 0.349 e. The van der Waals surface area contributed by atoms with Crippen LogP contribution in [0.25, 0.3) is 11.1 Å². The van der Waals surface area contributed by atoms with Crippen LogP contribution in [0.3, 0.4) is 0 Å². The predicted octanol–water partition coefficient (Wildman–Crippen LogP) is 3.55.